The van der Waals surface area contributed by atoms with E-state index in [9.17, 15) is 8.42 Å². The molecule has 1 heterocycles. The molecule has 5 heteroatoms. The molecule has 0 bridgehead atoms. The van der Waals surface area contributed by atoms with Gasteiger partial charge in [0.25, 0.3) is 0 Å². The smallest absolute Gasteiger partial charge is 0.175 e. The van der Waals surface area contributed by atoms with Crippen LogP contribution in [0.15, 0.2) is 35.2 Å². The summed E-state index contributed by atoms with van der Waals surface area (Å²) < 4.78 is 23.1. The third kappa shape index (κ3) is 3.19. The van der Waals surface area contributed by atoms with Gasteiger partial charge in [0.15, 0.2) is 9.84 Å². The zero-order valence-electron chi connectivity index (χ0n) is 11.0. The molecule has 102 valence electrons. The van der Waals surface area contributed by atoms with Crippen molar-refractivity contribution in [1.82, 2.24) is 0 Å². The molecule has 2 aromatic rings. The lowest BCUT2D eigenvalue weighted by molar-refractivity contribution is 0.601. The van der Waals surface area contributed by atoms with Crippen molar-refractivity contribution in [3.05, 3.63) is 51.2 Å². The molecule has 1 aromatic heterocycles. The summed E-state index contributed by atoms with van der Waals surface area (Å²) in [7, 11) is -3.20. The van der Waals surface area contributed by atoms with E-state index in [-0.39, 0.29) is 5.38 Å². The summed E-state index contributed by atoms with van der Waals surface area (Å²) in [6.07, 6.45) is 1.20. The van der Waals surface area contributed by atoms with Gasteiger partial charge in [-0.05, 0) is 43.2 Å². The third-order valence-corrected chi connectivity index (χ3v) is 5.51. The van der Waals surface area contributed by atoms with Gasteiger partial charge in [-0.2, -0.15) is 0 Å². The molecule has 1 atom stereocenters. The quantitative estimate of drug-likeness (QED) is 0.799. The van der Waals surface area contributed by atoms with Gasteiger partial charge in [-0.25, -0.2) is 8.42 Å². The first-order valence-corrected chi connectivity index (χ1v) is 8.94. The fraction of sp³-hybridized carbons (Fsp3) is 0.286. The van der Waals surface area contributed by atoms with Gasteiger partial charge in [-0.15, -0.1) is 22.9 Å². The lowest BCUT2D eigenvalue weighted by atomic mass is 10.1. The summed E-state index contributed by atoms with van der Waals surface area (Å²) >= 11 is 8.18. The molecule has 0 aliphatic heterocycles. The summed E-state index contributed by atoms with van der Waals surface area (Å²) in [6, 6.07) is 8.90. The monoisotopic (exact) mass is 314 g/mol. The van der Waals surface area contributed by atoms with Crippen LogP contribution in [0.2, 0.25) is 0 Å². The van der Waals surface area contributed by atoms with Crippen molar-refractivity contribution in [3.8, 4) is 0 Å². The minimum atomic E-state index is -3.20. The first-order chi connectivity index (χ1) is 8.79. The number of benzene rings is 1. The number of hydrogen-bond donors (Lipinski definition) is 0. The second kappa shape index (κ2) is 5.27. The van der Waals surface area contributed by atoms with E-state index in [0.29, 0.717) is 4.90 Å². The molecule has 0 saturated heterocycles. The molecular formula is C14H15ClO2S2. The SMILES string of the molecule is Cc1cc(C(Cl)c2cccc(S(C)(=O)=O)c2)c(C)s1. The predicted molar refractivity (Wildman–Crippen MR) is 81.0 cm³/mol. The molecule has 0 N–H and O–H groups in total. The maximum absolute atomic E-state index is 11.6. The van der Waals surface area contributed by atoms with Crippen molar-refractivity contribution in [2.24, 2.45) is 0 Å². The van der Waals surface area contributed by atoms with Crippen molar-refractivity contribution in [2.45, 2.75) is 24.1 Å². The second-order valence-electron chi connectivity index (χ2n) is 4.58. The lowest BCUT2D eigenvalue weighted by Gasteiger charge is -2.11. The Morgan fingerprint density at radius 2 is 1.89 bits per heavy atom. The van der Waals surface area contributed by atoms with E-state index in [0.717, 1.165) is 11.1 Å². The zero-order valence-corrected chi connectivity index (χ0v) is 13.4. The van der Waals surface area contributed by atoms with E-state index in [4.69, 9.17) is 11.6 Å². The minimum absolute atomic E-state index is 0.306. The number of rotatable bonds is 3. The first kappa shape index (κ1) is 14.6. The Hall–Kier alpha value is -0.840. The topological polar surface area (TPSA) is 34.1 Å². The van der Waals surface area contributed by atoms with Crippen LogP contribution >= 0.6 is 22.9 Å². The normalized spacial score (nSPS) is 13.5. The number of halogens is 1. The summed E-state index contributed by atoms with van der Waals surface area (Å²) in [5.74, 6) is 0. The molecule has 0 spiro atoms. The molecule has 0 radical (unpaired) electrons. The Morgan fingerprint density at radius 1 is 1.21 bits per heavy atom. The van der Waals surface area contributed by atoms with E-state index in [1.54, 1.807) is 29.5 Å². The average molecular weight is 315 g/mol. The van der Waals surface area contributed by atoms with Gasteiger partial charge >= 0.3 is 0 Å². The molecule has 1 aromatic carbocycles. The predicted octanol–water partition coefficient (Wildman–Crippen LogP) is 4.10. The summed E-state index contributed by atoms with van der Waals surface area (Å²) in [6.45, 7) is 4.07. The highest BCUT2D eigenvalue weighted by atomic mass is 35.5. The van der Waals surface area contributed by atoms with Crippen LogP contribution in [0.4, 0.5) is 0 Å². The fourth-order valence-corrected chi connectivity index (χ4v) is 4.05. The molecule has 19 heavy (non-hydrogen) atoms. The number of sulfone groups is 1. The summed E-state index contributed by atoms with van der Waals surface area (Å²) in [5, 5.41) is -0.313. The van der Waals surface area contributed by atoms with Gasteiger partial charge in [0.1, 0.15) is 0 Å². The van der Waals surface area contributed by atoms with Gasteiger partial charge in [0.05, 0.1) is 10.3 Å². The molecule has 0 saturated carbocycles. The van der Waals surface area contributed by atoms with Crippen LogP contribution in [0.25, 0.3) is 0 Å². The van der Waals surface area contributed by atoms with Gasteiger partial charge in [-0.1, -0.05) is 12.1 Å². The van der Waals surface area contributed by atoms with Gasteiger partial charge < -0.3 is 0 Å². The zero-order chi connectivity index (χ0) is 14.2. The van der Waals surface area contributed by atoms with Crippen molar-refractivity contribution in [3.63, 3.8) is 0 Å². The van der Waals surface area contributed by atoms with E-state index in [1.165, 1.54) is 16.0 Å². The van der Waals surface area contributed by atoms with Crippen LogP contribution in [-0.2, 0) is 9.84 Å². The van der Waals surface area contributed by atoms with Gasteiger partial charge in [0.2, 0.25) is 0 Å². The average Bonchev–Trinajstić information content (AvgIpc) is 2.66. The standard InChI is InChI=1S/C14H15ClO2S2/c1-9-7-13(10(2)18-9)14(15)11-5-4-6-12(8-11)19(3,16)17/h4-8,14H,1-3H3. The van der Waals surface area contributed by atoms with Crippen molar-refractivity contribution >= 4 is 32.8 Å². The highest BCUT2D eigenvalue weighted by Gasteiger charge is 2.17. The Balaban J connectivity index is 2.45. The van der Waals surface area contributed by atoms with Crippen molar-refractivity contribution in [2.75, 3.05) is 6.26 Å². The van der Waals surface area contributed by atoms with Crippen molar-refractivity contribution < 1.29 is 8.42 Å². The summed E-state index contributed by atoms with van der Waals surface area (Å²) in [5.41, 5.74) is 1.86. The van der Waals surface area contributed by atoms with Crippen molar-refractivity contribution in [1.29, 1.82) is 0 Å². The number of hydrogen-bond acceptors (Lipinski definition) is 3. The molecule has 1 unspecified atom stereocenters. The van der Waals surface area contributed by atoms with Crippen LogP contribution in [0.1, 0.15) is 26.3 Å². The van der Waals surface area contributed by atoms with E-state index < -0.39 is 9.84 Å². The van der Waals surface area contributed by atoms with Gasteiger partial charge in [0, 0.05) is 16.0 Å². The Bertz CT molecular complexity index is 702. The Kier molecular flexibility index (Phi) is 4.04. The molecule has 0 amide bonds. The largest absolute Gasteiger partial charge is 0.224 e. The van der Waals surface area contributed by atoms with E-state index in [1.807, 2.05) is 19.9 Å². The first-order valence-electron chi connectivity index (χ1n) is 5.80. The molecule has 2 nitrogen and oxygen atoms in total. The maximum Gasteiger partial charge on any atom is 0.175 e. The van der Waals surface area contributed by atoms with Crippen LogP contribution < -0.4 is 0 Å². The Morgan fingerprint density at radius 3 is 2.42 bits per heavy atom. The number of thiophene rings is 1. The van der Waals surface area contributed by atoms with Crippen LogP contribution in [0.5, 0.6) is 0 Å². The fourth-order valence-electron chi connectivity index (χ4n) is 1.98. The number of alkyl halides is 1. The van der Waals surface area contributed by atoms with Crippen LogP contribution in [0.3, 0.4) is 0 Å². The molecular weight excluding hydrogens is 300 g/mol. The lowest BCUT2D eigenvalue weighted by Crippen LogP contribution is -2.00. The Labute approximate surface area is 123 Å². The molecule has 2 rings (SSSR count). The highest BCUT2D eigenvalue weighted by molar-refractivity contribution is 7.90. The second-order valence-corrected chi connectivity index (χ2v) is 8.49. The number of aryl methyl sites for hydroxylation is 2. The third-order valence-electron chi connectivity index (χ3n) is 2.93. The minimum Gasteiger partial charge on any atom is -0.224 e. The summed E-state index contributed by atoms with van der Waals surface area (Å²) in [4.78, 5) is 2.68. The molecule has 0 fully saturated rings. The van der Waals surface area contributed by atoms with Crippen LogP contribution in [0, 0.1) is 13.8 Å². The maximum atomic E-state index is 11.6. The molecule has 0 aliphatic rings. The molecule has 0 aliphatic carbocycles. The van der Waals surface area contributed by atoms with Gasteiger partial charge in [-0.3, -0.25) is 0 Å². The highest BCUT2D eigenvalue weighted by Crippen LogP contribution is 2.35. The van der Waals surface area contributed by atoms with Crippen LogP contribution in [-0.4, -0.2) is 14.7 Å². The van der Waals surface area contributed by atoms with E-state index in [2.05, 4.69) is 6.07 Å². The van der Waals surface area contributed by atoms with E-state index >= 15 is 0 Å².